The number of nitrogens with one attached hydrogen (secondary N) is 1. The minimum Gasteiger partial charge on any atom is -0.389 e. The fraction of sp³-hybridized carbons (Fsp3) is 0.250. The number of benzene rings is 1. The molecule has 7 heteroatoms. The van der Waals surface area contributed by atoms with Crippen molar-refractivity contribution in [2.24, 2.45) is 0 Å². The van der Waals surface area contributed by atoms with Crippen LogP contribution < -0.4 is 5.32 Å². The molecule has 0 radical (unpaired) electrons. The van der Waals surface area contributed by atoms with Crippen LogP contribution in [-0.2, 0) is 6.54 Å². The average molecular weight is 271 g/mol. The summed E-state index contributed by atoms with van der Waals surface area (Å²) >= 11 is 0. The largest absolute Gasteiger partial charge is 0.389 e. The van der Waals surface area contributed by atoms with Gasteiger partial charge in [0.1, 0.15) is 5.82 Å². The van der Waals surface area contributed by atoms with Gasteiger partial charge in [-0.25, -0.2) is 13.2 Å². The van der Waals surface area contributed by atoms with Crippen molar-refractivity contribution in [2.45, 2.75) is 12.6 Å². The Labute approximate surface area is 107 Å². The van der Waals surface area contributed by atoms with Gasteiger partial charge < -0.3 is 10.4 Å². The molecule has 2 N–H and O–H groups in total. The molecule has 0 saturated heterocycles. The third-order valence-electron chi connectivity index (χ3n) is 2.50. The SMILES string of the molecule is OC(CNc1cc(F)c(F)cc1F)Cn1cccn1. The van der Waals surface area contributed by atoms with Gasteiger partial charge >= 0.3 is 0 Å². The van der Waals surface area contributed by atoms with Crippen molar-refractivity contribution in [1.29, 1.82) is 0 Å². The third-order valence-corrected chi connectivity index (χ3v) is 2.50. The molecular formula is C12H12F3N3O. The number of anilines is 1. The van der Waals surface area contributed by atoms with E-state index in [0.29, 0.717) is 12.1 Å². The zero-order valence-corrected chi connectivity index (χ0v) is 9.85. The molecule has 102 valence electrons. The van der Waals surface area contributed by atoms with E-state index in [9.17, 15) is 18.3 Å². The van der Waals surface area contributed by atoms with Gasteiger partial charge in [-0.2, -0.15) is 5.10 Å². The first kappa shape index (κ1) is 13.4. The van der Waals surface area contributed by atoms with Crippen molar-refractivity contribution < 1.29 is 18.3 Å². The maximum absolute atomic E-state index is 13.3. The number of hydrogen-bond acceptors (Lipinski definition) is 3. The molecule has 0 spiro atoms. The summed E-state index contributed by atoms with van der Waals surface area (Å²) in [5, 5.41) is 16.1. The number of nitrogens with zero attached hydrogens (tertiary/aromatic N) is 2. The topological polar surface area (TPSA) is 50.1 Å². The Hall–Kier alpha value is -2.02. The highest BCUT2D eigenvalue weighted by Crippen LogP contribution is 2.18. The van der Waals surface area contributed by atoms with Crippen LogP contribution in [0.5, 0.6) is 0 Å². The van der Waals surface area contributed by atoms with E-state index in [2.05, 4.69) is 10.4 Å². The summed E-state index contributed by atoms with van der Waals surface area (Å²) in [4.78, 5) is 0. The second kappa shape index (κ2) is 5.75. The number of hydrogen-bond donors (Lipinski definition) is 2. The molecule has 2 aromatic rings. The van der Waals surface area contributed by atoms with Gasteiger partial charge in [0.2, 0.25) is 0 Å². The van der Waals surface area contributed by atoms with Crippen molar-refractivity contribution in [3.63, 3.8) is 0 Å². The minimum atomic E-state index is -1.25. The van der Waals surface area contributed by atoms with Gasteiger partial charge in [-0.3, -0.25) is 4.68 Å². The number of rotatable bonds is 5. The number of halogens is 3. The first-order chi connectivity index (χ1) is 9.06. The van der Waals surface area contributed by atoms with Crippen LogP contribution in [0.1, 0.15) is 0 Å². The van der Waals surface area contributed by atoms with Gasteiger partial charge in [0.15, 0.2) is 11.6 Å². The summed E-state index contributed by atoms with van der Waals surface area (Å²) in [7, 11) is 0. The van der Waals surface area contributed by atoms with Crippen molar-refractivity contribution in [1.82, 2.24) is 9.78 Å². The van der Waals surface area contributed by atoms with Crippen LogP contribution >= 0.6 is 0 Å². The Balaban J connectivity index is 1.93. The molecule has 0 fully saturated rings. The maximum Gasteiger partial charge on any atom is 0.161 e. The maximum atomic E-state index is 13.3. The molecule has 1 heterocycles. The van der Waals surface area contributed by atoms with E-state index in [4.69, 9.17) is 0 Å². The second-order valence-electron chi connectivity index (χ2n) is 4.01. The van der Waals surface area contributed by atoms with Gasteiger partial charge in [-0.05, 0) is 6.07 Å². The van der Waals surface area contributed by atoms with E-state index >= 15 is 0 Å². The van der Waals surface area contributed by atoms with Crippen LogP contribution in [0.3, 0.4) is 0 Å². The quantitative estimate of drug-likeness (QED) is 0.815. The van der Waals surface area contributed by atoms with Crippen LogP contribution in [0.25, 0.3) is 0 Å². The van der Waals surface area contributed by atoms with Crippen molar-refractivity contribution in [3.05, 3.63) is 48.0 Å². The molecule has 4 nitrogen and oxygen atoms in total. The van der Waals surface area contributed by atoms with E-state index in [1.54, 1.807) is 18.5 Å². The summed E-state index contributed by atoms with van der Waals surface area (Å²) in [5.74, 6) is -3.31. The summed E-state index contributed by atoms with van der Waals surface area (Å²) < 4.78 is 40.4. The molecule has 1 unspecified atom stereocenters. The average Bonchev–Trinajstić information content (AvgIpc) is 2.85. The molecule has 0 amide bonds. The van der Waals surface area contributed by atoms with Crippen LogP contribution in [0, 0.1) is 17.5 Å². The highest BCUT2D eigenvalue weighted by atomic mass is 19.2. The zero-order chi connectivity index (χ0) is 13.8. The third kappa shape index (κ3) is 3.47. The standard InChI is InChI=1S/C12H12F3N3O/c13-9-4-11(15)12(5-10(9)14)16-6-8(19)7-18-3-1-2-17-18/h1-5,8,16,19H,6-7H2. The Morgan fingerprint density at radius 2 is 1.95 bits per heavy atom. The molecule has 0 aliphatic heterocycles. The Bertz CT molecular complexity index is 545. The predicted molar refractivity (Wildman–Crippen MR) is 63.0 cm³/mol. The summed E-state index contributed by atoms with van der Waals surface area (Å²) in [6.07, 6.45) is 2.39. The van der Waals surface area contributed by atoms with Crippen molar-refractivity contribution >= 4 is 5.69 Å². The molecule has 0 aliphatic carbocycles. The zero-order valence-electron chi connectivity index (χ0n) is 9.85. The summed E-state index contributed by atoms with van der Waals surface area (Å²) in [6, 6.07) is 2.87. The molecule has 1 atom stereocenters. The van der Waals surface area contributed by atoms with E-state index in [-0.39, 0.29) is 18.8 Å². The highest BCUT2D eigenvalue weighted by molar-refractivity contribution is 5.45. The molecule has 1 aromatic carbocycles. The molecule has 2 rings (SSSR count). The number of aliphatic hydroxyl groups is 1. The molecule has 0 bridgehead atoms. The van der Waals surface area contributed by atoms with Gasteiger partial charge in [-0.15, -0.1) is 0 Å². The fourth-order valence-corrected chi connectivity index (χ4v) is 1.57. The first-order valence-electron chi connectivity index (χ1n) is 5.60. The Kier molecular flexibility index (Phi) is 4.06. The predicted octanol–water partition coefficient (Wildman–Crippen LogP) is 1.77. The lowest BCUT2D eigenvalue weighted by Crippen LogP contribution is -2.25. The highest BCUT2D eigenvalue weighted by Gasteiger charge is 2.11. The molecular weight excluding hydrogens is 259 g/mol. The van der Waals surface area contributed by atoms with Crippen LogP contribution in [-0.4, -0.2) is 27.5 Å². The molecule has 19 heavy (non-hydrogen) atoms. The van der Waals surface area contributed by atoms with E-state index in [1.807, 2.05) is 0 Å². The van der Waals surface area contributed by atoms with Crippen molar-refractivity contribution in [2.75, 3.05) is 11.9 Å². The first-order valence-corrected chi connectivity index (χ1v) is 5.60. The normalized spacial score (nSPS) is 12.4. The number of aromatic nitrogens is 2. The smallest absolute Gasteiger partial charge is 0.161 e. The van der Waals surface area contributed by atoms with Gasteiger partial charge in [-0.1, -0.05) is 0 Å². The van der Waals surface area contributed by atoms with Crippen molar-refractivity contribution in [3.8, 4) is 0 Å². The number of aliphatic hydroxyl groups excluding tert-OH is 1. The Morgan fingerprint density at radius 3 is 2.63 bits per heavy atom. The second-order valence-corrected chi connectivity index (χ2v) is 4.01. The monoisotopic (exact) mass is 271 g/mol. The summed E-state index contributed by atoms with van der Waals surface area (Å²) in [5.41, 5.74) is -0.196. The lowest BCUT2D eigenvalue weighted by Gasteiger charge is -2.13. The van der Waals surface area contributed by atoms with E-state index in [1.165, 1.54) is 4.68 Å². The van der Waals surface area contributed by atoms with Gasteiger partial charge in [0.05, 0.1) is 18.3 Å². The van der Waals surface area contributed by atoms with Crippen LogP contribution in [0.15, 0.2) is 30.6 Å². The van der Waals surface area contributed by atoms with E-state index in [0.717, 1.165) is 0 Å². The lowest BCUT2D eigenvalue weighted by atomic mass is 10.2. The fourth-order valence-electron chi connectivity index (χ4n) is 1.57. The Morgan fingerprint density at radius 1 is 1.21 bits per heavy atom. The molecule has 0 aliphatic rings. The molecule has 0 saturated carbocycles. The van der Waals surface area contributed by atoms with Gasteiger partial charge in [0.25, 0.3) is 0 Å². The minimum absolute atomic E-state index is 0.0121. The van der Waals surface area contributed by atoms with Crippen LogP contribution in [0.4, 0.5) is 18.9 Å². The summed E-state index contributed by atoms with van der Waals surface area (Å²) in [6.45, 7) is 0.202. The lowest BCUT2D eigenvalue weighted by molar-refractivity contribution is 0.161. The molecule has 1 aromatic heterocycles. The van der Waals surface area contributed by atoms with Crippen LogP contribution in [0.2, 0.25) is 0 Å². The van der Waals surface area contributed by atoms with Gasteiger partial charge in [0, 0.05) is 31.1 Å². The van der Waals surface area contributed by atoms with E-state index < -0.39 is 23.6 Å².